The zero-order chi connectivity index (χ0) is 14.5. The molecule has 5 nitrogen and oxygen atoms in total. The van der Waals surface area contributed by atoms with Gasteiger partial charge in [0.25, 0.3) is 5.91 Å². The summed E-state index contributed by atoms with van der Waals surface area (Å²) < 4.78 is 0. The molecule has 4 N–H and O–H groups in total. The van der Waals surface area contributed by atoms with Gasteiger partial charge in [0.2, 0.25) is 0 Å². The Morgan fingerprint density at radius 1 is 1.45 bits per heavy atom. The third-order valence-corrected chi connectivity index (χ3v) is 4.75. The van der Waals surface area contributed by atoms with Crippen LogP contribution in [0.5, 0.6) is 0 Å². The molecule has 1 aliphatic rings. The van der Waals surface area contributed by atoms with E-state index in [-0.39, 0.29) is 11.9 Å². The largest absolute Gasteiger partial charge is 0.349 e. The molecule has 2 atom stereocenters. The number of carbonyl (C=O) groups excluding carboxylic acids is 1. The number of nitrogens with two attached hydrogens (primary N) is 1. The fourth-order valence-corrected chi connectivity index (χ4v) is 3.46. The van der Waals surface area contributed by atoms with Crippen LogP contribution in [0.2, 0.25) is 0 Å². The Hall–Kier alpha value is -1.27. The molecule has 1 fully saturated rings. The van der Waals surface area contributed by atoms with Gasteiger partial charge in [0.1, 0.15) is 5.82 Å². The molecular weight excluding hydrogens is 272 g/mol. The first-order valence-corrected chi connectivity index (χ1v) is 8.20. The number of nitrogens with zero attached hydrogens (tertiary/aromatic N) is 1. The summed E-state index contributed by atoms with van der Waals surface area (Å²) in [7, 11) is 0. The van der Waals surface area contributed by atoms with Crippen LogP contribution in [0.15, 0.2) is 12.1 Å². The first kappa shape index (κ1) is 15.1. The van der Waals surface area contributed by atoms with Crippen LogP contribution >= 0.6 is 11.8 Å². The Morgan fingerprint density at radius 2 is 2.25 bits per heavy atom. The average molecular weight is 294 g/mol. The van der Waals surface area contributed by atoms with E-state index in [2.05, 4.69) is 22.0 Å². The van der Waals surface area contributed by atoms with Gasteiger partial charge in [-0.15, -0.1) is 0 Å². The fraction of sp³-hybridized carbons (Fsp3) is 0.571. The average Bonchev–Trinajstić information content (AvgIpc) is 2.46. The molecule has 0 aromatic carbocycles. The number of hydrogen-bond acceptors (Lipinski definition) is 5. The fourth-order valence-electron chi connectivity index (χ4n) is 2.63. The van der Waals surface area contributed by atoms with E-state index in [1.165, 1.54) is 12.8 Å². The molecule has 0 spiro atoms. The number of amides is 1. The highest BCUT2D eigenvalue weighted by Crippen LogP contribution is 2.27. The van der Waals surface area contributed by atoms with Gasteiger partial charge >= 0.3 is 0 Å². The normalized spacial score (nSPS) is 22.4. The number of anilines is 1. The Bertz CT molecular complexity index is 480. The number of hydrogen-bond donors (Lipinski definition) is 3. The number of nitrogen functional groups attached to an aromatic ring is 1. The minimum Gasteiger partial charge on any atom is -0.349 e. The summed E-state index contributed by atoms with van der Waals surface area (Å²) in [6.07, 6.45) is 6.69. The summed E-state index contributed by atoms with van der Waals surface area (Å²) in [5, 5.41) is 3.79. The zero-order valence-corrected chi connectivity index (χ0v) is 12.8. The van der Waals surface area contributed by atoms with Gasteiger partial charge in [-0.05, 0) is 44.6 Å². The van der Waals surface area contributed by atoms with Crippen LogP contribution in [0, 0.1) is 6.92 Å². The number of nitrogens with one attached hydrogen (secondary N) is 2. The highest BCUT2D eigenvalue weighted by Gasteiger charge is 2.23. The zero-order valence-electron chi connectivity index (χ0n) is 12.0. The van der Waals surface area contributed by atoms with Crippen molar-refractivity contribution in [3.63, 3.8) is 0 Å². The van der Waals surface area contributed by atoms with Crippen molar-refractivity contribution >= 4 is 23.5 Å². The molecule has 1 saturated carbocycles. The van der Waals surface area contributed by atoms with Crippen LogP contribution in [-0.2, 0) is 0 Å². The molecule has 6 heteroatoms. The molecule has 1 aromatic heterocycles. The minimum atomic E-state index is -0.0428. The van der Waals surface area contributed by atoms with E-state index in [0.717, 1.165) is 18.5 Å². The predicted octanol–water partition coefficient (Wildman–Crippen LogP) is 2.08. The lowest BCUT2D eigenvalue weighted by Crippen LogP contribution is -2.39. The Balaban J connectivity index is 2.02. The summed E-state index contributed by atoms with van der Waals surface area (Å²) in [6.45, 7) is 1.85. The number of carbonyl (C=O) groups is 1. The quantitative estimate of drug-likeness (QED) is 0.585. The molecule has 0 saturated heterocycles. The maximum absolute atomic E-state index is 12.3. The summed E-state index contributed by atoms with van der Waals surface area (Å²) >= 11 is 1.89. The maximum Gasteiger partial charge on any atom is 0.251 e. The molecule has 1 aliphatic carbocycles. The summed E-state index contributed by atoms with van der Waals surface area (Å²) in [4.78, 5) is 16.5. The highest BCUT2D eigenvalue weighted by molar-refractivity contribution is 7.99. The molecular formula is C14H22N4OS. The molecule has 110 valence electrons. The monoisotopic (exact) mass is 294 g/mol. The molecule has 1 heterocycles. The van der Waals surface area contributed by atoms with E-state index in [4.69, 9.17) is 5.84 Å². The number of thioether (sulfide) groups is 1. The lowest BCUT2D eigenvalue weighted by molar-refractivity contribution is 0.0928. The van der Waals surface area contributed by atoms with Gasteiger partial charge in [0, 0.05) is 22.5 Å². The Labute approximate surface area is 124 Å². The molecule has 0 bridgehead atoms. The Kier molecular flexibility index (Phi) is 5.25. The minimum absolute atomic E-state index is 0.0428. The van der Waals surface area contributed by atoms with Gasteiger partial charge in [-0.1, -0.05) is 6.42 Å². The van der Waals surface area contributed by atoms with Gasteiger partial charge in [-0.2, -0.15) is 11.8 Å². The van der Waals surface area contributed by atoms with Crippen molar-refractivity contribution in [2.24, 2.45) is 5.84 Å². The molecule has 0 radical (unpaired) electrons. The van der Waals surface area contributed by atoms with Crippen LogP contribution in [0.1, 0.15) is 41.7 Å². The number of hydrazine groups is 1. The lowest BCUT2D eigenvalue weighted by Gasteiger charge is -2.28. The molecule has 2 rings (SSSR count). The van der Waals surface area contributed by atoms with Crippen molar-refractivity contribution in [1.29, 1.82) is 0 Å². The van der Waals surface area contributed by atoms with Crippen molar-refractivity contribution in [2.45, 2.75) is 43.9 Å². The van der Waals surface area contributed by atoms with E-state index >= 15 is 0 Å². The van der Waals surface area contributed by atoms with Gasteiger partial charge in [-0.3, -0.25) is 4.79 Å². The lowest BCUT2D eigenvalue weighted by atomic mass is 9.94. The van der Waals surface area contributed by atoms with Gasteiger partial charge in [0.05, 0.1) is 0 Å². The standard InChI is InChI=1S/C14H22N4OS/c1-9-6-10(7-13(16-9)18-15)14(19)17-11-4-3-5-12(8-11)20-2/h6-7,11-12H,3-5,8,15H2,1-2H3,(H,16,18)(H,17,19). The van der Waals surface area contributed by atoms with Crippen LogP contribution in [0.25, 0.3) is 0 Å². The Morgan fingerprint density at radius 3 is 2.95 bits per heavy atom. The molecule has 20 heavy (non-hydrogen) atoms. The predicted molar refractivity (Wildman–Crippen MR) is 83.8 cm³/mol. The van der Waals surface area contributed by atoms with Crippen molar-refractivity contribution in [3.8, 4) is 0 Å². The first-order valence-electron chi connectivity index (χ1n) is 6.91. The first-order chi connectivity index (χ1) is 9.62. The molecule has 1 aromatic rings. The van der Waals surface area contributed by atoms with Crippen molar-refractivity contribution in [1.82, 2.24) is 10.3 Å². The smallest absolute Gasteiger partial charge is 0.251 e. The summed E-state index contributed by atoms with van der Waals surface area (Å²) in [6, 6.07) is 3.74. The van der Waals surface area contributed by atoms with Crippen LogP contribution in [0.4, 0.5) is 5.82 Å². The van der Waals surface area contributed by atoms with E-state index in [9.17, 15) is 4.79 Å². The number of pyridine rings is 1. The van der Waals surface area contributed by atoms with Gasteiger partial charge < -0.3 is 10.7 Å². The second-order valence-electron chi connectivity index (χ2n) is 5.22. The molecule has 1 amide bonds. The highest BCUT2D eigenvalue weighted by atomic mass is 32.2. The molecule has 0 aliphatic heterocycles. The number of rotatable bonds is 4. The third-order valence-electron chi connectivity index (χ3n) is 3.66. The van der Waals surface area contributed by atoms with E-state index < -0.39 is 0 Å². The van der Waals surface area contributed by atoms with Crippen LogP contribution < -0.4 is 16.6 Å². The van der Waals surface area contributed by atoms with Crippen molar-refractivity contribution < 1.29 is 4.79 Å². The van der Waals surface area contributed by atoms with Crippen LogP contribution in [0.3, 0.4) is 0 Å². The second kappa shape index (κ2) is 6.95. The second-order valence-corrected chi connectivity index (χ2v) is 6.36. The van der Waals surface area contributed by atoms with Gasteiger partial charge in [-0.25, -0.2) is 10.8 Å². The van der Waals surface area contributed by atoms with Gasteiger partial charge in [0.15, 0.2) is 0 Å². The van der Waals surface area contributed by atoms with Crippen molar-refractivity contribution in [2.75, 3.05) is 11.7 Å². The topological polar surface area (TPSA) is 80.0 Å². The maximum atomic E-state index is 12.3. The molecule has 2 unspecified atom stereocenters. The third kappa shape index (κ3) is 3.86. The van der Waals surface area contributed by atoms with Crippen molar-refractivity contribution in [3.05, 3.63) is 23.4 Å². The van der Waals surface area contributed by atoms with E-state index in [1.54, 1.807) is 12.1 Å². The summed E-state index contributed by atoms with van der Waals surface area (Å²) in [5.74, 6) is 5.83. The number of aryl methyl sites for hydroxylation is 1. The number of aromatic nitrogens is 1. The SMILES string of the molecule is CSC1CCCC(NC(=O)c2cc(C)nc(NN)c2)C1. The summed E-state index contributed by atoms with van der Waals surface area (Å²) in [5.41, 5.74) is 3.87. The van der Waals surface area contributed by atoms with E-state index in [0.29, 0.717) is 16.6 Å². The van der Waals surface area contributed by atoms with Crippen LogP contribution in [-0.4, -0.2) is 28.4 Å². The van der Waals surface area contributed by atoms with E-state index in [1.807, 2.05) is 18.7 Å².